The molecule has 0 fully saturated rings. The molecule has 2 rings (SSSR count). The smallest absolute Gasteiger partial charge is 0.257 e. The number of carbonyl (C=O) groups is 1. The summed E-state index contributed by atoms with van der Waals surface area (Å²) in [4.78, 5) is 12.3. The van der Waals surface area contributed by atoms with Crippen LogP contribution in [0.4, 0.5) is 5.69 Å². The van der Waals surface area contributed by atoms with E-state index in [0.717, 1.165) is 36.3 Å². The van der Waals surface area contributed by atoms with Crippen molar-refractivity contribution in [2.24, 2.45) is 0 Å². The summed E-state index contributed by atoms with van der Waals surface area (Å²) in [6.45, 7) is 4.77. The Kier molecular flexibility index (Phi) is 7.88. The Labute approximate surface area is 164 Å². The summed E-state index contributed by atoms with van der Waals surface area (Å²) in [6, 6.07) is 12.5. The van der Waals surface area contributed by atoms with Crippen LogP contribution >= 0.6 is 23.8 Å². The molecule has 2 aromatic carbocycles. The zero-order valence-corrected chi connectivity index (χ0v) is 16.5. The summed E-state index contributed by atoms with van der Waals surface area (Å²) in [7, 11) is 0. The highest BCUT2D eigenvalue weighted by atomic mass is 35.5. The number of rotatable bonds is 7. The first kappa shape index (κ1) is 20.2. The molecule has 138 valence electrons. The maximum atomic E-state index is 12.3. The number of hydrogen-bond donors (Lipinski definition) is 2. The van der Waals surface area contributed by atoms with Crippen LogP contribution in [0.5, 0.6) is 5.75 Å². The number of carbonyl (C=O) groups excluding carboxylic acids is 1. The van der Waals surface area contributed by atoms with Crippen LogP contribution in [0, 0.1) is 6.92 Å². The zero-order valence-electron chi connectivity index (χ0n) is 15.0. The van der Waals surface area contributed by atoms with Gasteiger partial charge in [0.2, 0.25) is 0 Å². The van der Waals surface area contributed by atoms with Crippen LogP contribution < -0.4 is 15.4 Å². The lowest BCUT2D eigenvalue weighted by Crippen LogP contribution is -2.34. The van der Waals surface area contributed by atoms with Crippen LogP contribution in [-0.4, -0.2) is 17.6 Å². The first-order chi connectivity index (χ1) is 12.5. The Bertz CT molecular complexity index is 763. The number of halogens is 1. The number of hydrogen-bond acceptors (Lipinski definition) is 3. The fourth-order valence-corrected chi connectivity index (χ4v) is 2.68. The van der Waals surface area contributed by atoms with Crippen LogP contribution in [0.1, 0.15) is 42.1 Å². The molecule has 0 unspecified atom stereocenters. The molecule has 0 aliphatic rings. The number of amides is 1. The highest BCUT2D eigenvalue weighted by Crippen LogP contribution is 2.20. The summed E-state index contributed by atoms with van der Waals surface area (Å²) in [5.74, 6) is 0.479. The molecule has 0 bridgehead atoms. The monoisotopic (exact) mass is 390 g/mol. The van der Waals surface area contributed by atoms with Crippen molar-refractivity contribution in [1.82, 2.24) is 5.32 Å². The minimum absolute atomic E-state index is 0.222. The predicted octanol–water partition coefficient (Wildman–Crippen LogP) is 5.34. The van der Waals surface area contributed by atoms with Crippen LogP contribution in [-0.2, 0) is 0 Å². The maximum absolute atomic E-state index is 12.3. The van der Waals surface area contributed by atoms with Crippen LogP contribution in [0.2, 0.25) is 5.02 Å². The van der Waals surface area contributed by atoms with E-state index in [4.69, 9.17) is 28.6 Å². The second kappa shape index (κ2) is 10.1. The van der Waals surface area contributed by atoms with Gasteiger partial charge in [0.25, 0.3) is 5.91 Å². The summed E-state index contributed by atoms with van der Waals surface area (Å²) in [5, 5.41) is 6.48. The third-order valence-corrected chi connectivity index (χ3v) is 4.25. The van der Waals surface area contributed by atoms with E-state index in [0.29, 0.717) is 17.2 Å². The van der Waals surface area contributed by atoms with Gasteiger partial charge in [-0.1, -0.05) is 37.4 Å². The number of anilines is 1. The van der Waals surface area contributed by atoms with Crippen molar-refractivity contribution >= 4 is 40.5 Å². The molecule has 0 spiro atoms. The number of ether oxygens (including phenoxy) is 1. The Morgan fingerprint density at radius 2 is 1.88 bits per heavy atom. The lowest BCUT2D eigenvalue weighted by atomic mass is 10.2. The molecule has 26 heavy (non-hydrogen) atoms. The molecule has 0 radical (unpaired) electrons. The second-order valence-corrected chi connectivity index (χ2v) is 6.79. The Morgan fingerprint density at radius 3 is 2.58 bits per heavy atom. The van der Waals surface area contributed by atoms with Gasteiger partial charge < -0.3 is 10.1 Å². The lowest BCUT2D eigenvalue weighted by molar-refractivity contribution is 0.0977. The molecule has 0 aliphatic carbocycles. The molecule has 0 saturated heterocycles. The van der Waals surface area contributed by atoms with Crippen molar-refractivity contribution in [3.63, 3.8) is 0 Å². The molecule has 4 nitrogen and oxygen atoms in total. The molecule has 2 aromatic rings. The topological polar surface area (TPSA) is 50.4 Å². The van der Waals surface area contributed by atoms with Gasteiger partial charge in [-0.15, -0.1) is 0 Å². The number of thiocarbonyl (C=S) groups is 1. The van der Waals surface area contributed by atoms with Gasteiger partial charge in [-0.2, -0.15) is 0 Å². The van der Waals surface area contributed by atoms with Crippen LogP contribution in [0.3, 0.4) is 0 Å². The minimum Gasteiger partial charge on any atom is -0.494 e. The van der Waals surface area contributed by atoms with E-state index in [2.05, 4.69) is 17.6 Å². The Balaban J connectivity index is 1.88. The molecule has 6 heteroatoms. The van der Waals surface area contributed by atoms with E-state index in [1.54, 1.807) is 36.4 Å². The molecule has 0 aromatic heterocycles. The van der Waals surface area contributed by atoms with Gasteiger partial charge in [0.15, 0.2) is 5.11 Å². The van der Waals surface area contributed by atoms with Crippen LogP contribution in [0.15, 0.2) is 42.5 Å². The largest absolute Gasteiger partial charge is 0.494 e. The Hall–Kier alpha value is -2.11. The Morgan fingerprint density at radius 1 is 1.15 bits per heavy atom. The predicted molar refractivity (Wildman–Crippen MR) is 111 cm³/mol. The molecule has 1 amide bonds. The SMILES string of the molecule is CCCCCOc1ccc(C(=O)NC(=S)Nc2cc(Cl)ccc2C)cc1. The standard InChI is InChI=1S/C20H23ClN2O2S/c1-3-4-5-12-25-17-10-7-15(8-11-17)19(24)23-20(26)22-18-13-16(21)9-6-14(18)2/h6-11,13H,3-5,12H2,1-2H3,(H2,22,23,24,26). The average Bonchev–Trinajstić information content (AvgIpc) is 2.62. The third kappa shape index (κ3) is 6.32. The normalized spacial score (nSPS) is 10.3. The highest BCUT2D eigenvalue weighted by molar-refractivity contribution is 7.80. The number of nitrogens with one attached hydrogen (secondary N) is 2. The van der Waals surface area contributed by atoms with E-state index in [-0.39, 0.29) is 11.0 Å². The molecular formula is C20H23ClN2O2S. The summed E-state index contributed by atoms with van der Waals surface area (Å²) >= 11 is 11.2. The van der Waals surface area contributed by atoms with Gasteiger partial charge in [0.05, 0.1) is 6.61 Å². The van der Waals surface area contributed by atoms with Crippen molar-refractivity contribution in [2.45, 2.75) is 33.1 Å². The van der Waals surface area contributed by atoms with Gasteiger partial charge in [-0.3, -0.25) is 10.1 Å². The van der Waals surface area contributed by atoms with Crippen molar-refractivity contribution in [2.75, 3.05) is 11.9 Å². The first-order valence-corrected chi connectivity index (χ1v) is 9.39. The number of aryl methyl sites for hydroxylation is 1. The number of unbranched alkanes of at least 4 members (excludes halogenated alkanes) is 2. The molecule has 0 heterocycles. The van der Waals surface area contributed by atoms with E-state index < -0.39 is 0 Å². The summed E-state index contributed by atoms with van der Waals surface area (Å²) in [5.41, 5.74) is 2.26. The third-order valence-electron chi connectivity index (χ3n) is 3.81. The van der Waals surface area contributed by atoms with Gasteiger partial charge in [-0.25, -0.2) is 0 Å². The molecule has 0 aliphatic heterocycles. The van der Waals surface area contributed by atoms with E-state index in [1.165, 1.54) is 0 Å². The van der Waals surface area contributed by atoms with Gasteiger partial charge in [0.1, 0.15) is 5.75 Å². The lowest BCUT2D eigenvalue weighted by Gasteiger charge is -2.12. The van der Waals surface area contributed by atoms with E-state index in [9.17, 15) is 4.79 Å². The fourth-order valence-electron chi connectivity index (χ4n) is 2.30. The van der Waals surface area contributed by atoms with E-state index >= 15 is 0 Å². The minimum atomic E-state index is -0.278. The molecule has 0 atom stereocenters. The zero-order chi connectivity index (χ0) is 18.9. The maximum Gasteiger partial charge on any atom is 0.257 e. The van der Waals surface area contributed by atoms with Gasteiger partial charge in [0, 0.05) is 16.3 Å². The highest BCUT2D eigenvalue weighted by Gasteiger charge is 2.09. The van der Waals surface area contributed by atoms with Crippen molar-refractivity contribution < 1.29 is 9.53 Å². The quantitative estimate of drug-likeness (QED) is 0.494. The molecule has 2 N–H and O–H groups in total. The second-order valence-electron chi connectivity index (χ2n) is 5.95. The molecule has 0 saturated carbocycles. The van der Waals surface area contributed by atoms with Crippen LogP contribution in [0.25, 0.3) is 0 Å². The summed E-state index contributed by atoms with van der Waals surface area (Å²) < 4.78 is 5.64. The summed E-state index contributed by atoms with van der Waals surface area (Å²) in [6.07, 6.45) is 3.34. The number of benzene rings is 2. The fraction of sp³-hybridized carbons (Fsp3) is 0.300. The van der Waals surface area contributed by atoms with Crippen molar-refractivity contribution in [1.29, 1.82) is 0 Å². The van der Waals surface area contributed by atoms with Crippen molar-refractivity contribution in [3.05, 3.63) is 58.6 Å². The first-order valence-electron chi connectivity index (χ1n) is 8.61. The van der Waals surface area contributed by atoms with Gasteiger partial charge >= 0.3 is 0 Å². The van der Waals surface area contributed by atoms with Gasteiger partial charge in [-0.05, 0) is 67.5 Å². The average molecular weight is 391 g/mol. The van der Waals surface area contributed by atoms with Crippen molar-refractivity contribution in [3.8, 4) is 5.75 Å². The van der Waals surface area contributed by atoms with E-state index in [1.807, 2.05) is 13.0 Å². The molecular weight excluding hydrogens is 368 g/mol.